The molecule has 1 aliphatic heterocycles. The van der Waals surface area contributed by atoms with E-state index in [2.05, 4.69) is 76.3 Å². The predicted molar refractivity (Wildman–Crippen MR) is 80.0 cm³/mol. The number of hydrogen-bond acceptors (Lipinski definition) is 1. The Morgan fingerprint density at radius 2 is 1.89 bits per heavy atom. The first-order valence-corrected chi connectivity index (χ1v) is 7.15. The van der Waals surface area contributed by atoms with E-state index in [9.17, 15) is 0 Å². The molecular formula is C16H16BrN. The summed E-state index contributed by atoms with van der Waals surface area (Å²) in [4.78, 5) is 2.50. The van der Waals surface area contributed by atoms with Crippen molar-refractivity contribution < 1.29 is 0 Å². The molecule has 18 heavy (non-hydrogen) atoms. The van der Waals surface area contributed by atoms with Crippen LogP contribution in [0.4, 0.5) is 5.69 Å². The van der Waals surface area contributed by atoms with E-state index in [-0.39, 0.29) is 0 Å². The average Bonchev–Trinajstić information content (AvgIpc) is 2.81. The fourth-order valence-corrected chi connectivity index (χ4v) is 3.12. The maximum Gasteiger partial charge on any atom is 0.0514 e. The van der Waals surface area contributed by atoms with Gasteiger partial charge in [0.05, 0.1) is 6.04 Å². The van der Waals surface area contributed by atoms with Crippen LogP contribution in [0.1, 0.15) is 24.1 Å². The minimum Gasteiger partial charge on any atom is -0.364 e. The van der Waals surface area contributed by atoms with E-state index in [1.165, 1.54) is 21.3 Å². The Balaban J connectivity index is 1.93. The summed E-state index contributed by atoms with van der Waals surface area (Å²) in [6, 6.07) is 17.8. The molecule has 0 radical (unpaired) electrons. The van der Waals surface area contributed by atoms with Gasteiger partial charge in [-0.05, 0) is 42.7 Å². The van der Waals surface area contributed by atoms with Crippen molar-refractivity contribution in [1.82, 2.24) is 0 Å². The molecule has 0 N–H and O–H groups in total. The van der Waals surface area contributed by atoms with Gasteiger partial charge in [-0.3, -0.25) is 0 Å². The number of rotatable bonds is 2. The lowest BCUT2D eigenvalue weighted by Crippen LogP contribution is -2.24. The van der Waals surface area contributed by atoms with E-state index in [0.29, 0.717) is 6.04 Å². The number of fused-ring (bicyclic) bond motifs is 1. The van der Waals surface area contributed by atoms with Gasteiger partial charge in [0.25, 0.3) is 0 Å². The summed E-state index contributed by atoms with van der Waals surface area (Å²) in [6.45, 7) is 3.40. The van der Waals surface area contributed by atoms with E-state index in [0.717, 1.165) is 13.0 Å². The van der Waals surface area contributed by atoms with Crippen LogP contribution in [0.5, 0.6) is 0 Å². The zero-order valence-corrected chi connectivity index (χ0v) is 12.0. The second-order valence-corrected chi connectivity index (χ2v) is 5.72. The van der Waals surface area contributed by atoms with Crippen LogP contribution in [0.15, 0.2) is 53.0 Å². The van der Waals surface area contributed by atoms with Gasteiger partial charge in [0.1, 0.15) is 0 Å². The summed E-state index contributed by atoms with van der Waals surface area (Å²) in [6.07, 6.45) is 1.14. The quantitative estimate of drug-likeness (QED) is 0.785. The predicted octanol–water partition coefficient (Wildman–Crippen LogP) is 4.57. The first-order chi connectivity index (χ1) is 8.75. The summed E-state index contributed by atoms with van der Waals surface area (Å²) in [5.74, 6) is 0. The van der Waals surface area contributed by atoms with Gasteiger partial charge in [-0.15, -0.1) is 0 Å². The van der Waals surface area contributed by atoms with Crippen molar-refractivity contribution in [3.05, 3.63) is 64.1 Å². The zero-order chi connectivity index (χ0) is 12.5. The molecule has 1 heterocycles. The maximum absolute atomic E-state index is 3.55. The molecule has 1 atom stereocenters. The van der Waals surface area contributed by atoms with Crippen LogP contribution in [-0.2, 0) is 6.42 Å². The largest absolute Gasteiger partial charge is 0.364 e. The topological polar surface area (TPSA) is 3.24 Å². The molecule has 3 rings (SSSR count). The lowest BCUT2D eigenvalue weighted by molar-refractivity contribution is 0.697. The number of nitrogens with zero attached hydrogens (tertiary/aromatic N) is 1. The molecule has 2 heteroatoms. The molecule has 0 amide bonds. The second kappa shape index (κ2) is 4.77. The van der Waals surface area contributed by atoms with E-state index in [4.69, 9.17) is 0 Å². The van der Waals surface area contributed by atoms with Gasteiger partial charge in [0, 0.05) is 16.7 Å². The van der Waals surface area contributed by atoms with Crippen LogP contribution in [0.25, 0.3) is 0 Å². The van der Waals surface area contributed by atoms with Gasteiger partial charge >= 0.3 is 0 Å². The molecule has 0 spiro atoms. The van der Waals surface area contributed by atoms with Crippen molar-refractivity contribution in [2.45, 2.75) is 19.4 Å². The third-order valence-electron chi connectivity index (χ3n) is 3.72. The number of benzene rings is 2. The second-order valence-electron chi connectivity index (χ2n) is 4.80. The average molecular weight is 302 g/mol. The van der Waals surface area contributed by atoms with Gasteiger partial charge in [-0.2, -0.15) is 0 Å². The van der Waals surface area contributed by atoms with E-state index >= 15 is 0 Å². The lowest BCUT2D eigenvalue weighted by Gasteiger charge is -2.27. The Morgan fingerprint density at radius 1 is 1.11 bits per heavy atom. The number of hydrogen-bond donors (Lipinski definition) is 0. The smallest absolute Gasteiger partial charge is 0.0514 e. The fraction of sp³-hybridized carbons (Fsp3) is 0.250. The summed E-state index contributed by atoms with van der Waals surface area (Å²) >= 11 is 3.55. The van der Waals surface area contributed by atoms with Gasteiger partial charge < -0.3 is 4.90 Å². The molecule has 0 unspecified atom stereocenters. The van der Waals surface area contributed by atoms with Gasteiger partial charge in [-0.25, -0.2) is 0 Å². The molecule has 0 aliphatic carbocycles. The number of halogens is 1. The standard InChI is InChI=1S/C16H16BrN/c1-12(13-5-3-2-4-6-13)18-10-9-14-11-15(17)7-8-16(14)18/h2-8,11-12H,9-10H2,1H3/t12-/m0/s1. The van der Waals surface area contributed by atoms with Crippen molar-refractivity contribution in [3.63, 3.8) is 0 Å². The van der Waals surface area contributed by atoms with Crippen LogP contribution in [0.3, 0.4) is 0 Å². The Morgan fingerprint density at radius 3 is 2.67 bits per heavy atom. The Kier molecular flexibility index (Phi) is 3.13. The molecule has 2 aromatic carbocycles. The highest BCUT2D eigenvalue weighted by Crippen LogP contribution is 2.36. The van der Waals surface area contributed by atoms with Gasteiger partial charge in [0.15, 0.2) is 0 Å². The van der Waals surface area contributed by atoms with Crippen molar-refractivity contribution in [1.29, 1.82) is 0 Å². The Hall–Kier alpha value is -1.28. The normalized spacial score (nSPS) is 15.6. The van der Waals surface area contributed by atoms with Crippen LogP contribution >= 0.6 is 15.9 Å². The van der Waals surface area contributed by atoms with Crippen LogP contribution in [0, 0.1) is 0 Å². The molecule has 0 saturated carbocycles. The SMILES string of the molecule is C[C@@H](c1ccccc1)N1CCc2cc(Br)ccc21. The monoisotopic (exact) mass is 301 g/mol. The van der Waals surface area contributed by atoms with Crippen molar-refractivity contribution in [2.75, 3.05) is 11.4 Å². The number of anilines is 1. The summed E-state index contributed by atoms with van der Waals surface area (Å²) in [5, 5.41) is 0. The third kappa shape index (κ3) is 2.05. The molecule has 0 saturated heterocycles. The van der Waals surface area contributed by atoms with Crippen LogP contribution < -0.4 is 4.90 Å². The van der Waals surface area contributed by atoms with E-state index < -0.39 is 0 Å². The maximum atomic E-state index is 3.55. The minimum absolute atomic E-state index is 0.439. The fourth-order valence-electron chi connectivity index (χ4n) is 2.71. The Labute approximate surface area is 117 Å². The van der Waals surface area contributed by atoms with Crippen molar-refractivity contribution >= 4 is 21.6 Å². The molecule has 92 valence electrons. The van der Waals surface area contributed by atoms with Crippen molar-refractivity contribution in [2.24, 2.45) is 0 Å². The first-order valence-electron chi connectivity index (χ1n) is 6.36. The lowest BCUT2D eigenvalue weighted by atomic mass is 10.1. The molecule has 2 aromatic rings. The third-order valence-corrected chi connectivity index (χ3v) is 4.22. The van der Waals surface area contributed by atoms with Crippen LogP contribution in [0.2, 0.25) is 0 Å². The minimum atomic E-state index is 0.439. The zero-order valence-electron chi connectivity index (χ0n) is 10.4. The first kappa shape index (κ1) is 11.8. The highest BCUT2D eigenvalue weighted by atomic mass is 79.9. The summed E-state index contributed by atoms with van der Waals surface area (Å²) in [5.41, 5.74) is 4.22. The van der Waals surface area contributed by atoms with Gasteiger partial charge in [0.2, 0.25) is 0 Å². The highest BCUT2D eigenvalue weighted by Gasteiger charge is 2.24. The molecule has 0 aromatic heterocycles. The molecular weight excluding hydrogens is 286 g/mol. The Bertz CT molecular complexity index is 550. The summed E-state index contributed by atoms with van der Waals surface area (Å²) in [7, 11) is 0. The van der Waals surface area contributed by atoms with E-state index in [1.807, 2.05) is 0 Å². The highest BCUT2D eigenvalue weighted by molar-refractivity contribution is 9.10. The van der Waals surface area contributed by atoms with E-state index in [1.54, 1.807) is 0 Å². The van der Waals surface area contributed by atoms with Gasteiger partial charge in [-0.1, -0.05) is 46.3 Å². The molecule has 1 aliphatic rings. The molecule has 0 fully saturated rings. The van der Waals surface area contributed by atoms with Crippen molar-refractivity contribution in [3.8, 4) is 0 Å². The molecule has 1 nitrogen and oxygen atoms in total. The summed E-state index contributed by atoms with van der Waals surface area (Å²) < 4.78 is 1.18. The van der Waals surface area contributed by atoms with Crippen LogP contribution in [-0.4, -0.2) is 6.54 Å². The molecule has 0 bridgehead atoms.